The molecule has 1 aliphatic rings. The maximum Gasteiger partial charge on any atom is 0.119 e. The van der Waals surface area contributed by atoms with Gasteiger partial charge in [0.15, 0.2) is 0 Å². The third-order valence-electron chi connectivity index (χ3n) is 3.81. The summed E-state index contributed by atoms with van der Waals surface area (Å²) in [7, 11) is 0. The molecule has 0 bridgehead atoms. The Balaban J connectivity index is 2.12. The lowest BCUT2D eigenvalue weighted by Crippen LogP contribution is -2.05. The van der Waals surface area contributed by atoms with Crippen LogP contribution in [0.5, 0.6) is 5.75 Å². The Morgan fingerprint density at radius 1 is 1.29 bits per heavy atom. The van der Waals surface area contributed by atoms with Crippen molar-refractivity contribution in [2.24, 2.45) is 0 Å². The van der Waals surface area contributed by atoms with Crippen LogP contribution < -0.4 is 0 Å². The first kappa shape index (κ1) is 12.4. The highest BCUT2D eigenvalue weighted by Crippen LogP contribution is 2.39. The van der Waals surface area contributed by atoms with Gasteiger partial charge in [0.05, 0.1) is 12.2 Å². The molecule has 2 rings (SSSR count). The lowest BCUT2D eigenvalue weighted by molar-refractivity contribution is 0.346. The maximum atomic E-state index is 10.0. The van der Waals surface area contributed by atoms with E-state index in [2.05, 4.69) is 26.8 Å². The summed E-state index contributed by atoms with van der Waals surface area (Å²) in [6, 6.07) is 5.77. The molecule has 0 saturated carbocycles. The van der Waals surface area contributed by atoms with Gasteiger partial charge in [0, 0.05) is 0 Å². The number of rotatable bonds is 5. The van der Waals surface area contributed by atoms with Crippen LogP contribution in [-0.2, 0) is 4.74 Å². The van der Waals surface area contributed by atoms with Gasteiger partial charge in [0.2, 0.25) is 0 Å². The smallest absolute Gasteiger partial charge is 0.119 e. The Labute approximate surface area is 104 Å². The van der Waals surface area contributed by atoms with E-state index in [9.17, 15) is 5.11 Å². The van der Waals surface area contributed by atoms with Gasteiger partial charge in [-0.05, 0) is 49.3 Å². The summed E-state index contributed by atoms with van der Waals surface area (Å²) < 4.78 is 5.62. The second-order valence-electron chi connectivity index (χ2n) is 4.97. The average molecular weight is 234 g/mol. The normalized spacial score (nSPS) is 24.6. The van der Waals surface area contributed by atoms with Crippen molar-refractivity contribution in [1.29, 1.82) is 0 Å². The Bertz CT molecular complexity index is 366. The summed E-state index contributed by atoms with van der Waals surface area (Å²) in [5, 5.41) is 10.0. The van der Waals surface area contributed by atoms with Crippen molar-refractivity contribution in [3.05, 3.63) is 29.3 Å². The van der Waals surface area contributed by atoms with E-state index in [0.29, 0.717) is 23.9 Å². The highest BCUT2D eigenvalue weighted by atomic mass is 16.6. The molecule has 1 aromatic rings. The minimum Gasteiger partial charge on any atom is -0.508 e. The first-order valence-corrected chi connectivity index (χ1v) is 6.61. The summed E-state index contributed by atoms with van der Waals surface area (Å²) >= 11 is 0. The largest absolute Gasteiger partial charge is 0.508 e. The van der Waals surface area contributed by atoms with Gasteiger partial charge in [0.1, 0.15) is 5.75 Å². The third-order valence-corrected chi connectivity index (χ3v) is 3.81. The van der Waals surface area contributed by atoms with E-state index in [1.165, 1.54) is 5.56 Å². The molecule has 3 atom stereocenters. The van der Waals surface area contributed by atoms with Crippen molar-refractivity contribution in [3.63, 3.8) is 0 Å². The molecule has 3 unspecified atom stereocenters. The van der Waals surface area contributed by atoms with E-state index in [0.717, 1.165) is 24.8 Å². The third kappa shape index (κ3) is 2.63. The zero-order valence-electron chi connectivity index (χ0n) is 10.9. The average Bonchev–Trinajstić information content (AvgIpc) is 3.06. The minimum atomic E-state index is 0.406. The van der Waals surface area contributed by atoms with Crippen molar-refractivity contribution >= 4 is 0 Å². The monoisotopic (exact) mass is 234 g/mol. The molecule has 0 aliphatic carbocycles. The lowest BCUT2D eigenvalue weighted by atomic mass is 9.87. The summed E-state index contributed by atoms with van der Waals surface area (Å²) in [4.78, 5) is 0. The minimum absolute atomic E-state index is 0.406. The Morgan fingerprint density at radius 2 is 2.06 bits per heavy atom. The molecule has 94 valence electrons. The van der Waals surface area contributed by atoms with Gasteiger partial charge in [-0.2, -0.15) is 0 Å². The van der Waals surface area contributed by atoms with Crippen LogP contribution in [0.4, 0.5) is 0 Å². The van der Waals surface area contributed by atoms with E-state index >= 15 is 0 Å². The summed E-state index contributed by atoms with van der Waals surface area (Å²) in [6.45, 7) is 6.42. The maximum absolute atomic E-state index is 10.0. The molecule has 1 heterocycles. The highest BCUT2D eigenvalue weighted by Gasteiger charge is 2.38. The molecular formula is C15H22O2. The molecule has 2 heteroatoms. The molecule has 1 fully saturated rings. The zero-order valence-corrected chi connectivity index (χ0v) is 10.9. The van der Waals surface area contributed by atoms with Crippen LogP contribution in [0, 0.1) is 6.92 Å². The Morgan fingerprint density at radius 3 is 2.59 bits per heavy atom. The van der Waals surface area contributed by atoms with Gasteiger partial charge >= 0.3 is 0 Å². The molecule has 0 radical (unpaired) electrons. The van der Waals surface area contributed by atoms with Gasteiger partial charge < -0.3 is 9.84 Å². The van der Waals surface area contributed by atoms with E-state index in [-0.39, 0.29) is 0 Å². The molecule has 1 N–H and O–H groups in total. The van der Waals surface area contributed by atoms with Crippen molar-refractivity contribution in [1.82, 2.24) is 0 Å². The molecule has 1 saturated heterocycles. The van der Waals surface area contributed by atoms with Crippen LogP contribution in [0.2, 0.25) is 0 Å². The molecule has 0 spiro atoms. The predicted molar refractivity (Wildman–Crippen MR) is 69.4 cm³/mol. The van der Waals surface area contributed by atoms with Gasteiger partial charge in [-0.1, -0.05) is 26.0 Å². The summed E-state index contributed by atoms with van der Waals surface area (Å²) in [5.74, 6) is 0.850. The predicted octanol–water partition coefficient (Wildman–Crippen LogP) is 3.76. The van der Waals surface area contributed by atoms with Crippen LogP contribution in [0.25, 0.3) is 0 Å². The first-order valence-electron chi connectivity index (χ1n) is 6.61. The van der Waals surface area contributed by atoms with Crippen LogP contribution in [0.3, 0.4) is 0 Å². The fraction of sp³-hybridized carbons (Fsp3) is 0.600. The standard InChI is InChI=1S/C15H22O2/c1-4-11(9-14-13(5-2)17-14)15-10(3)7-6-8-12(15)16/h6-8,11,13-14,16H,4-5,9H2,1-3H3. The number of benzene rings is 1. The zero-order chi connectivity index (χ0) is 12.4. The van der Waals surface area contributed by atoms with Crippen LogP contribution >= 0.6 is 0 Å². The Hall–Kier alpha value is -1.02. The molecule has 1 aliphatic heterocycles. The number of aromatic hydroxyl groups is 1. The number of hydrogen-bond acceptors (Lipinski definition) is 2. The van der Waals surface area contributed by atoms with E-state index in [1.807, 2.05) is 6.07 Å². The van der Waals surface area contributed by atoms with E-state index in [4.69, 9.17) is 4.74 Å². The number of hydrogen-bond donors (Lipinski definition) is 1. The molecule has 0 amide bonds. The molecule has 17 heavy (non-hydrogen) atoms. The highest BCUT2D eigenvalue weighted by molar-refractivity contribution is 5.41. The van der Waals surface area contributed by atoms with Crippen molar-refractivity contribution in [2.45, 2.75) is 58.2 Å². The number of phenols is 1. The number of aryl methyl sites for hydroxylation is 1. The SMILES string of the molecule is CCC(CC1OC1CC)c1c(C)cccc1O. The number of epoxide rings is 1. The topological polar surface area (TPSA) is 32.8 Å². The van der Waals surface area contributed by atoms with Crippen molar-refractivity contribution < 1.29 is 9.84 Å². The van der Waals surface area contributed by atoms with Gasteiger partial charge in [0.25, 0.3) is 0 Å². The van der Waals surface area contributed by atoms with Crippen molar-refractivity contribution in [2.75, 3.05) is 0 Å². The van der Waals surface area contributed by atoms with Gasteiger partial charge in [-0.25, -0.2) is 0 Å². The van der Waals surface area contributed by atoms with E-state index < -0.39 is 0 Å². The molecular weight excluding hydrogens is 212 g/mol. The fourth-order valence-corrected chi connectivity index (χ4v) is 2.71. The van der Waals surface area contributed by atoms with E-state index in [1.54, 1.807) is 6.07 Å². The van der Waals surface area contributed by atoms with Crippen LogP contribution in [0.1, 0.15) is 50.2 Å². The molecule has 2 nitrogen and oxygen atoms in total. The summed E-state index contributed by atoms with van der Waals surface area (Å²) in [5.41, 5.74) is 2.30. The molecule has 1 aromatic carbocycles. The van der Waals surface area contributed by atoms with Crippen LogP contribution in [0.15, 0.2) is 18.2 Å². The second kappa shape index (κ2) is 5.09. The Kier molecular flexibility index (Phi) is 3.72. The lowest BCUT2D eigenvalue weighted by Gasteiger charge is -2.18. The summed E-state index contributed by atoms with van der Waals surface area (Å²) in [6.07, 6.45) is 4.04. The van der Waals surface area contributed by atoms with Gasteiger partial charge in [-0.3, -0.25) is 0 Å². The first-order chi connectivity index (χ1) is 8.17. The quantitative estimate of drug-likeness (QED) is 0.787. The van der Waals surface area contributed by atoms with Crippen LogP contribution in [-0.4, -0.2) is 17.3 Å². The number of ether oxygens (including phenoxy) is 1. The molecule has 0 aromatic heterocycles. The fourth-order valence-electron chi connectivity index (χ4n) is 2.71. The second-order valence-corrected chi connectivity index (χ2v) is 4.97. The number of phenolic OH excluding ortho intramolecular Hbond substituents is 1. The van der Waals surface area contributed by atoms with Gasteiger partial charge in [-0.15, -0.1) is 0 Å². The van der Waals surface area contributed by atoms with Crippen molar-refractivity contribution in [3.8, 4) is 5.75 Å².